The van der Waals surface area contributed by atoms with Crippen molar-refractivity contribution in [3.05, 3.63) is 89.5 Å². The Morgan fingerprint density at radius 1 is 1.00 bits per heavy atom. The molecule has 11 heteroatoms. The molecule has 0 aliphatic carbocycles. The van der Waals surface area contributed by atoms with Gasteiger partial charge in [-0.05, 0) is 31.2 Å². The third-order valence-electron chi connectivity index (χ3n) is 5.37. The number of ether oxygens (including phenoxy) is 1. The van der Waals surface area contributed by atoms with Crippen LogP contribution in [0.5, 0.6) is 0 Å². The number of ketones is 1. The van der Waals surface area contributed by atoms with Crippen molar-refractivity contribution in [1.29, 1.82) is 0 Å². The van der Waals surface area contributed by atoms with Gasteiger partial charge >= 0.3 is 5.97 Å². The molecule has 1 aliphatic heterocycles. The standard InChI is InChI=1S/C25H21N5O6/c1-15-2-4-16(5-3-15)21(31)14-36-25(35)17-6-8-18(9-7-17)30-22(32)12-19(24(30)34)28-29-23(33)20-13-26-10-11-27-20/h2-11,13,19,28H,12,14H2,1H3,(H,29,33). The van der Waals surface area contributed by atoms with Gasteiger partial charge in [0.1, 0.15) is 11.7 Å². The second kappa shape index (κ2) is 10.7. The molecule has 3 amide bonds. The molecule has 182 valence electrons. The van der Waals surface area contributed by atoms with Gasteiger partial charge in [-0.3, -0.25) is 29.6 Å². The summed E-state index contributed by atoms with van der Waals surface area (Å²) in [4.78, 5) is 70.4. The second-order valence-corrected chi connectivity index (χ2v) is 7.93. The zero-order chi connectivity index (χ0) is 25.7. The normalized spacial score (nSPS) is 15.0. The summed E-state index contributed by atoms with van der Waals surface area (Å²) in [6.07, 6.45) is 3.85. The Kier molecular flexibility index (Phi) is 7.21. The number of hydrazine groups is 1. The van der Waals surface area contributed by atoms with Crippen LogP contribution in [0.1, 0.15) is 43.2 Å². The number of nitrogens with one attached hydrogen (secondary N) is 2. The molecule has 3 aromatic rings. The summed E-state index contributed by atoms with van der Waals surface area (Å²) >= 11 is 0. The maximum absolute atomic E-state index is 12.8. The summed E-state index contributed by atoms with van der Waals surface area (Å²) in [5, 5.41) is 0. The molecule has 2 aromatic carbocycles. The fourth-order valence-corrected chi connectivity index (χ4v) is 3.43. The van der Waals surface area contributed by atoms with Crippen molar-refractivity contribution < 1.29 is 28.7 Å². The lowest BCUT2D eigenvalue weighted by Crippen LogP contribution is -2.48. The van der Waals surface area contributed by atoms with Gasteiger partial charge in [0.2, 0.25) is 5.91 Å². The quantitative estimate of drug-likeness (QED) is 0.208. The van der Waals surface area contributed by atoms with E-state index in [-0.39, 0.29) is 29.1 Å². The number of aromatic nitrogens is 2. The molecule has 36 heavy (non-hydrogen) atoms. The number of anilines is 1. The van der Waals surface area contributed by atoms with Gasteiger partial charge in [-0.25, -0.2) is 20.1 Å². The Morgan fingerprint density at radius 3 is 2.36 bits per heavy atom. The number of aryl methyl sites for hydroxylation is 1. The Labute approximate surface area is 205 Å². The van der Waals surface area contributed by atoms with Gasteiger partial charge in [0.05, 0.1) is 23.9 Å². The molecule has 1 aromatic heterocycles. The highest BCUT2D eigenvalue weighted by Crippen LogP contribution is 2.23. The van der Waals surface area contributed by atoms with Crippen LogP contribution in [0.25, 0.3) is 0 Å². The van der Waals surface area contributed by atoms with Crippen molar-refractivity contribution in [2.24, 2.45) is 0 Å². The van der Waals surface area contributed by atoms with Crippen molar-refractivity contribution in [2.45, 2.75) is 19.4 Å². The van der Waals surface area contributed by atoms with E-state index in [1.807, 2.05) is 6.92 Å². The van der Waals surface area contributed by atoms with E-state index in [1.54, 1.807) is 24.3 Å². The number of rotatable bonds is 8. The number of hydrogen-bond donors (Lipinski definition) is 2. The van der Waals surface area contributed by atoms with Crippen LogP contribution in [0.3, 0.4) is 0 Å². The number of carbonyl (C=O) groups is 5. The van der Waals surface area contributed by atoms with Crippen molar-refractivity contribution in [3.63, 3.8) is 0 Å². The van der Waals surface area contributed by atoms with E-state index in [4.69, 9.17) is 4.74 Å². The van der Waals surface area contributed by atoms with E-state index in [9.17, 15) is 24.0 Å². The molecular weight excluding hydrogens is 466 g/mol. The average molecular weight is 487 g/mol. The Balaban J connectivity index is 1.33. The lowest BCUT2D eigenvalue weighted by atomic mass is 10.1. The summed E-state index contributed by atoms with van der Waals surface area (Å²) in [6.45, 7) is 1.48. The first-order valence-electron chi connectivity index (χ1n) is 10.9. The van der Waals surface area contributed by atoms with E-state index in [0.29, 0.717) is 5.56 Å². The van der Waals surface area contributed by atoms with Gasteiger partial charge in [0.25, 0.3) is 11.8 Å². The van der Waals surface area contributed by atoms with Crippen LogP contribution >= 0.6 is 0 Å². The lowest BCUT2D eigenvalue weighted by molar-refractivity contribution is -0.121. The molecule has 11 nitrogen and oxygen atoms in total. The van der Waals surface area contributed by atoms with Crippen LogP contribution in [0.15, 0.2) is 67.1 Å². The van der Waals surface area contributed by atoms with Gasteiger partial charge in [0, 0.05) is 18.0 Å². The average Bonchev–Trinajstić information content (AvgIpc) is 3.19. The van der Waals surface area contributed by atoms with Crippen molar-refractivity contribution in [1.82, 2.24) is 20.8 Å². The van der Waals surface area contributed by atoms with Crippen LogP contribution in [0.4, 0.5) is 5.69 Å². The van der Waals surface area contributed by atoms with Gasteiger partial charge < -0.3 is 4.74 Å². The summed E-state index contributed by atoms with van der Waals surface area (Å²) in [5.41, 5.74) is 6.78. The van der Waals surface area contributed by atoms with Gasteiger partial charge in [-0.1, -0.05) is 29.8 Å². The fourth-order valence-electron chi connectivity index (χ4n) is 3.43. The molecule has 1 unspecified atom stereocenters. The van der Waals surface area contributed by atoms with Gasteiger partial charge in [0.15, 0.2) is 12.4 Å². The highest BCUT2D eigenvalue weighted by molar-refractivity contribution is 6.22. The molecule has 1 atom stereocenters. The molecule has 0 saturated carbocycles. The minimum Gasteiger partial charge on any atom is -0.454 e. The molecule has 0 spiro atoms. The number of Topliss-reactive ketones (excluding diaryl/α,β-unsaturated/α-hetero) is 1. The van der Waals surface area contributed by atoms with E-state index in [2.05, 4.69) is 20.8 Å². The molecule has 2 N–H and O–H groups in total. The topological polar surface area (TPSA) is 148 Å². The number of esters is 1. The first-order valence-corrected chi connectivity index (χ1v) is 10.9. The van der Waals surface area contributed by atoms with Crippen LogP contribution in [0.2, 0.25) is 0 Å². The van der Waals surface area contributed by atoms with E-state index in [0.717, 1.165) is 10.5 Å². The third kappa shape index (κ3) is 5.47. The maximum atomic E-state index is 12.8. The second-order valence-electron chi connectivity index (χ2n) is 7.93. The largest absolute Gasteiger partial charge is 0.454 e. The minimum atomic E-state index is -0.976. The van der Waals surface area contributed by atoms with E-state index >= 15 is 0 Å². The number of hydrogen-bond acceptors (Lipinski definition) is 9. The smallest absolute Gasteiger partial charge is 0.338 e. The maximum Gasteiger partial charge on any atom is 0.338 e. The lowest BCUT2D eigenvalue weighted by Gasteiger charge is -2.16. The molecule has 0 radical (unpaired) electrons. The summed E-state index contributed by atoms with van der Waals surface area (Å²) in [6, 6.07) is 11.6. The summed E-state index contributed by atoms with van der Waals surface area (Å²) in [5.74, 6) is -2.71. The Morgan fingerprint density at radius 2 is 1.69 bits per heavy atom. The Bertz CT molecular complexity index is 1310. The van der Waals surface area contributed by atoms with E-state index < -0.39 is 36.3 Å². The summed E-state index contributed by atoms with van der Waals surface area (Å²) < 4.78 is 5.09. The number of nitrogens with zero attached hydrogens (tertiary/aromatic N) is 3. The van der Waals surface area contributed by atoms with Crippen molar-refractivity contribution in [3.8, 4) is 0 Å². The van der Waals surface area contributed by atoms with Crippen molar-refractivity contribution in [2.75, 3.05) is 11.5 Å². The first kappa shape index (κ1) is 24.4. The SMILES string of the molecule is Cc1ccc(C(=O)COC(=O)c2ccc(N3C(=O)CC(NNC(=O)c4cnccn4)C3=O)cc2)cc1. The zero-order valence-electron chi connectivity index (χ0n) is 19.1. The van der Waals surface area contributed by atoms with Crippen molar-refractivity contribution >= 4 is 35.2 Å². The monoisotopic (exact) mass is 487 g/mol. The number of carbonyl (C=O) groups excluding carboxylic acids is 5. The van der Waals surface area contributed by atoms with Gasteiger partial charge in [-0.15, -0.1) is 0 Å². The predicted molar refractivity (Wildman–Crippen MR) is 126 cm³/mol. The highest BCUT2D eigenvalue weighted by Gasteiger charge is 2.39. The first-order chi connectivity index (χ1) is 17.3. The number of imide groups is 1. The predicted octanol–water partition coefficient (Wildman–Crippen LogP) is 1.39. The number of amides is 3. The summed E-state index contributed by atoms with van der Waals surface area (Å²) in [7, 11) is 0. The third-order valence-corrected chi connectivity index (χ3v) is 5.37. The molecular formula is C25H21N5O6. The van der Waals surface area contributed by atoms with E-state index in [1.165, 1.54) is 42.9 Å². The van der Waals surface area contributed by atoms with Crippen LogP contribution in [0, 0.1) is 6.92 Å². The van der Waals surface area contributed by atoms with Gasteiger partial charge in [-0.2, -0.15) is 0 Å². The molecule has 1 fully saturated rings. The molecule has 0 bridgehead atoms. The molecule has 1 aliphatic rings. The minimum absolute atomic E-state index is 0.0432. The Hall–Kier alpha value is -4.77. The fraction of sp³-hybridized carbons (Fsp3) is 0.160. The highest BCUT2D eigenvalue weighted by atomic mass is 16.5. The number of benzene rings is 2. The van der Waals surface area contributed by atoms with Crippen LogP contribution < -0.4 is 15.8 Å². The molecule has 2 heterocycles. The zero-order valence-corrected chi connectivity index (χ0v) is 19.1. The van der Waals surface area contributed by atoms with Crippen LogP contribution in [-0.4, -0.2) is 52.1 Å². The molecule has 4 rings (SSSR count). The molecule has 1 saturated heterocycles. The van der Waals surface area contributed by atoms with Crippen LogP contribution in [-0.2, 0) is 14.3 Å².